The van der Waals surface area contributed by atoms with E-state index in [2.05, 4.69) is 15.3 Å². The van der Waals surface area contributed by atoms with Gasteiger partial charge < -0.3 is 5.32 Å². The van der Waals surface area contributed by atoms with Crippen molar-refractivity contribution in [2.75, 3.05) is 5.32 Å². The second kappa shape index (κ2) is 5.10. The first-order chi connectivity index (χ1) is 8.16. The van der Waals surface area contributed by atoms with Crippen LogP contribution in [0.4, 0.5) is 10.1 Å². The number of hydrogen-bond acceptors (Lipinski definition) is 3. The molecular formula is C12H11ClFN3. The molecule has 0 saturated heterocycles. The van der Waals surface area contributed by atoms with Crippen LogP contribution in [0.3, 0.4) is 0 Å². The largest absolute Gasteiger partial charge is 0.376 e. The minimum Gasteiger partial charge on any atom is -0.376 e. The molecule has 0 bridgehead atoms. The van der Waals surface area contributed by atoms with Crippen LogP contribution in [-0.4, -0.2) is 9.97 Å². The summed E-state index contributed by atoms with van der Waals surface area (Å²) in [4.78, 5) is 7.79. The standard InChI is InChI=1S/C12H11ClFN3/c1-8(17-10-5-15-7-16-6-10)9-2-3-11(13)12(14)4-9/h2-8,17H,1H3. The number of hydrogen-bond donors (Lipinski definition) is 1. The summed E-state index contributed by atoms with van der Waals surface area (Å²) in [6.45, 7) is 1.93. The average Bonchev–Trinajstić information content (AvgIpc) is 2.34. The van der Waals surface area contributed by atoms with E-state index in [1.54, 1.807) is 24.5 Å². The summed E-state index contributed by atoms with van der Waals surface area (Å²) in [5, 5.41) is 3.30. The van der Waals surface area contributed by atoms with Crippen molar-refractivity contribution in [3.63, 3.8) is 0 Å². The Balaban J connectivity index is 2.14. The van der Waals surface area contributed by atoms with Gasteiger partial charge in [0.15, 0.2) is 0 Å². The van der Waals surface area contributed by atoms with Crippen LogP contribution in [-0.2, 0) is 0 Å². The summed E-state index contributed by atoms with van der Waals surface area (Å²) in [6, 6.07) is 4.70. The van der Waals surface area contributed by atoms with E-state index >= 15 is 0 Å². The van der Waals surface area contributed by atoms with Gasteiger partial charge in [-0.05, 0) is 24.6 Å². The zero-order chi connectivity index (χ0) is 12.3. The van der Waals surface area contributed by atoms with E-state index in [9.17, 15) is 4.39 Å². The van der Waals surface area contributed by atoms with Crippen LogP contribution in [0.25, 0.3) is 0 Å². The molecule has 0 radical (unpaired) electrons. The molecule has 1 heterocycles. The lowest BCUT2D eigenvalue weighted by Gasteiger charge is -2.15. The molecule has 1 aromatic heterocycles. The van der Waals surface area contributed by atoms with Crippen molar-refractivity contribution >= 4 is 17.3 Å². The number of rotatable bonds is 3. The van der Waals surface area contributed by atoms with Crippen molar-refractivity contribution in [3.8, 4) is 0 Å². The van der Waals surface area contributed by atoms with Gasteiger partial charge in [0.25, 0.3) is 0 Å². The first kappa shape index (κ1) is 11.8. The molecule has 88 valence electrons. The molecule has 2 aromatic rings. The highest BCUT2D eigenvalue weighted by atomic mass is 35.5. The third-order valence-corrected chi connectivity index (χ3v) is 2.69. The molecule has 0 aliphatic carbocycles. The van der Waals surface area contributed by atoms with E-state index in [0.717, 1.165) is 11.3 Å². The number of halogens is 2. The van der Waals surface area contributed by atoms with Crippen molar-refractivity contribution in [1.29, 1.82) is 0 Å². The Kier molecular flexibility index (Phi) is 3.54. The molecule has 0 spiro atoms. The third kappa shape index (κ3) is 2.91. The minimum absolute atomic E-state index is 0.0484. The lowest BCUT2D eigenvalue weighted by atomic mass is 10.1. The lowest BCUT2D eigenvalue weighted by molar-refractivity contribution is 0.624. The van der Waals surface area contributed by atoms with Crippen LogP contribution in [0.1, 0.15) is 18.5 Å². The van der Waals surface area contributed by atoms with Crippen LogP contribution in [0.2, 0.25) is 5.02 Å². The van der Waals surface area contributed by atoms with Crippen molar-refractivity contribution in [1.82, 2.24) is 9.97 Å². The number of anilines is 1. The summed E-state index contributed by atoms with van der Waals surface area (Å²) >= 11 is 5.63. The van der Waals surface area contributed by atoms with E-state index in [0.29, 0.717) is 0 Å². The van der Waals surface area contributed by atoms with Gasteiger partial charge in [-0.15, -0.1) is 0 Å². The second-order valence-corrected chi connectivity index (χ2v) is 4.07. The molecule has 0 saturated carbocycles. The van der Waals surface area contributed by atoms with Crippen molar-refractivity contribution < 1.29 is 4.39 Å². The normalized spacial score (nSPS) is 12.2. The van der Waals surface area contributed by atoms with Gasteiger partial charge in [-0.3, -0.25) is 0 Å². The second-order valence-electron chi connectivity index (χ2n) is 3.67. The highest BCUT2D eigenvalue weighted by Gasteiger charge is 2.08. The lowest BCUT2D eigenvalue weighted by Crippen LogP contribution is -2.07. The van der Waals surface area contributed by atoms with E-state index < -0.39 is 5.82 Å². The van der Waals surface area contributed by atoms with E-state index in [-0.39, 0.29) is 11.1 Å². The third-order valence-electron chi connectivity index (χ3n) is 2.39. The molecule has 0 aliphatic heterocycles. The zero-order valence-electron chi connectivity index (χ0n) is 9.19. The molecule has 1 atom stereocenters. The molecule has 0 fully saturated rings. The molecule has 17 heavy (non-hydrogen) atoms. The van der Waals surface area contributed by atoms with Crippen LogP contribution in [0, 0.1) is 5.82 Å². The Morgan fingerprint density at radius 1 is 1.29 bits per heavy atom. The van der Waals surface area contributed by atoms with Crippen molar-refractivity contribution in [2.24, 2.45) is 0 Å². The quantitative estimate of drug-likeness (QED) is 0.908. The molecular weight excluding hydrogens is 241 g/mol. The Bertz CT molecular complexity index is 504. The van der Waals surface area contributed by atoms with Crippen LogP contribution < -0.4 is 5.32 Å². The first-order valence-electron chi connectivity index (χ1n) is 5.13. The Labute approximate surface area is 104 Å². The average molecular weight is 252 g/mol. The molecule has 2 rings (SSSR count). The summed E-state index contributed by atoms with van der Waals surface area (Å²) in [5.41, 5.74) is 1.60. The maximum Gasteiger partial charge on any atom is 0.142 e. The summed E-state index contributed by atoms with van der Waals surface area (Å²) < 4.78 is 13.3. The van der Waals surface area contributed by atoms with E-state index in [4.69, 9.17) is 11.6 Å². The smallest absolute Gasteiger partial charge is 0.142 e. The number of aromatic nitrogens is 2. The Morgan fingerprint density at radius 3 is 2.65 bits per heavy atom. The van der Waals surface area contributed by atoms with Crippen molar-refractivity contribution in [2.45, 2.75) is 13.0 Å². The number of nitrogens with one attached hydrogen (secondary N) is 1. The summed E-state index contributed by atoms with van der Waals surface area (Å²) in [7, 11) is 0. The topological polar surface area (TPSA) is 37.8 Å². The van der Waals surface area contributed by atoms with Gasteiger partial charge in [-0.2, -0.15) is 0 Å². The monoisotopic (exact) mass is 251 g/mol. The highest BCUT2D eigenvalue weighted by molar-refractivity contribution is 6.30. The van der Waals surface area contributed by atoms with E-state index in [1.807, 2.05) is 6.92 Å². The molecule has 1 N–H and O–H groups in total. The van der Waals surface area contributed by atoms with Gasteiger partial charge >= 0.3 is 0 Å². The van der Waals surface area contributed by atoms with Crippen LogP contribution >= 0.6 is 11.6 Å². The molecule has 0 amide bonds. The summed E-state index contributed by atoms with van der Waals surface area (Å²) in [5.74, 6) is -0.415. The molecule has 1 unspecified atom stereocenters. The van der Waals surface area contributed by atoms with Gasteiger partial charge in [0, 0.05) is 6.04 Å². The van der Waals surface area contributed by atoms with Crippen LogP contribution in [0.5, 0.6) is 0 Å². The summed E-state index contributed by atoms with van der Waals surface area (Å²) in [6.07, 6.45) is 4.78. The number of nitrogens with zero attached hydrogens (tertiary/aromatic N) is 2. The fraction of sp³-hybridized carbons (Fsp3) is 0.167. The molecule has 5 heteroatoms. The first-order valence-corrected chi connectivity index (χ1v) is 5.51. The predicted octanol–water partition coefficient (Wildman–Crippen LogP) is 3.44. The van der Waals surface area contributed by atoms with E-state index in [1.165, 1.54) is 12.4 Å². The zero-order valence-corrected chi connectivity index (χ0v) is 9.95. The van der Waals surface area contributed by atoms with Gasteiger partial charge in [0.1, 0.15) is 12.1 Å². The fourth-order valence-electron chi connectivity index (χ4n) is 1.49. The predicted molar refractivity (Wildman–Crippen MR) is 65.5 cm³/mol. The van der Waals surface area contributed by atoms with Gasteiger partial charge in [-0.1, -0.05) is 17.7 Å². The number of benzene rings is 1. The van der Waals surface area contributed by atoms with Gasteiger partial charge in [0.05, 0.1) is 23.1 Å². The van der Waals surface area contributed by atoms with Gasteiger partial charge in [-0.25, -0.2) is 14.4 Å². The highest BCUT2D eigenvalue weighted by Crippen LogP contribution is 2.22. The van der Waals surface area contributed by atoms with Crippen LogP contribution in [0.15, 0.2) is 36.9 Å². The maximum absolute atomic E-state index is 13.3. The minimum atomic E-state index is -0.415. The van der Waals surface area contributed by atoms with Crippen molar-refractivity contribution in [3.05, 3.63) is 53.3 Å². The SMILES string of the molecule is CC(Nc1cncnc1)c1ccc(Cl)c(F)c1. The maximum atomic E-state index is 13.3. The molecule has 3 nitrogen and oxygen atoms in total. The van der Waals surface area contributed by atoms with Gasteiger partial charge in [0.2, 0.25) is 0 Å². The Hall–Kier alpha value is -1.68. The molecule has 1 aromatic carbocycles. The fourth-order valence-corrected chi connectivity index (χ4v) is 1.61. The Morgan fingerprint density at radius 2 is 2.00 bits per heavy atom. The molecule has 0 aliphatic rings.